The zero-order chi connectivity index (χ0) is 14.0. The molecule has 0 fully saturated rings. The Kier molecular flexibility index (Phi) is 3.96. The molecule has 0 aliphatic heterocycles. The number of para-hydroxylation sites is 1. The van der Waals surface area contributed by atoms with Crippen LogP contribution in [0.2, 0.25) is 0 Å². The summed E-state index contributed by atoms with van der Waals surface area (Å²) in [6.45, 7) is 5.75. The van der Waals surface area contributed by atoms with Gasteiger partial charge in [-0.3, -0.25) is 4.72 Å². The smallest absolute Gasteiger partial charge is 0.263 e. The van der Waals surface area contributed by atoms with Gasteiger partial charge in [-0.15, -0.1) is 11.3 Å². The maximum absolute atomic E-state index is 12.4. The van der Waals surface area contributed by atoms with Crippen LogP contribution >= 0.6 is 11.3 Å². The first-order chi connectivity index (χ1) is 8.94. The Bertz CT molecular complexity index is 687. The average Bonchev–Trinajstić information content (AvgIpc) is 2.69. The zero-order valence-electron chi connectivity index (χ0n) is 11.2. The number of sulfonamides is 1. The number of hydrogen-bond acceptors (Lipinski definition) is 3. The highest BCUT2D eigenvalue weighted by Gasteiger charge is 2.19. The third kappa shape index (κ3) is 2.98. The molecule has 0 bridgehead atoms. The SMILES string of the molecule is CCc1ccccc1NS(=O)(=O)c1cc(C)sc1C. The number of benzene rings is 1. The highest BCUT2D eigenvalue weighted by Crippen LogP contribution is 2.27. The van der Waals surface area contributed by atoms with E-state index in [0.29, 0.717) is 10.6 Å². The van der Waals surface area contributed by atoms with Crippen LogP contribution in [0.15, 0.2) is 35.2 Å². The van der Waals surface area contributed by atoms with Gasteiger partial charge < -0.3 is 0 Å². The number of nitrogens with one attached hydrogen (secondary N) is 1. The molecule has 0 saturated heterocycles. The predicted molar refractivity (Wildman–Crippen MR) is 80.4 cm³/mol. The Morgan fingerprint density at radius 2 is 1.89 bits per heavy atom. The van der Waals surface area contributed by atoms with Crippen molar-refractivity contribution in [3.05, 3.63) is 45.6 Å². The molecule has 1 N–H and O–H groups in total. The van der Waals surface area contributed by atoms with Crippen molar-refractivity contribution in [3.63, 3.8) is 0 Å². The summed E-state index contributed by atoms with van der Waals surface area (Å²) in [6, 6.07) is 9.20. The molecular formula is C14H17NO2S2. The summed E-state index contributed by atoms with van der Waals surface area (Å²) in [5.74, 6) is 0. The van der Waals surface area contributed by atoms with Crippen molar-refractivity contribution in [2.75, 3.05) is 4.72 Å². The van der Waals surface area contributed by atoms with Crippen molar-refractivity contribution >= 4 is 27.0 Å². The number of aryl methyl sites for hydroxylation is 3. The fraction of sp³-hybridized carbons (Fsp3) is 0.286. The zero-order valence-corrected chi connectivity index (χ0v) is 12.9. The molecule has 1 heterocycles. The third-order valence-electron chi connectivity index (χ3n) is 2.93. The van der Waals surface area contributed by atoms with Gasteiger partial charge in [-0.05, 0) is 38.0 Å². The molecule has 1 aromatic carbocycles. The third-order valence-corrected chi connectivity index (χ3v) is 5.51. The minimum absolute atomic E-state index is 0.376. The van der Waals surface area contributed by atoms with E-state index >= 15 is 0 Å². The molecule has 0 spiro atoms. The van der Waals surface area contributed by atoms with Gasteiger partial charge in [0.2, 0.25) is 0 Å². The van der Waals surface area contributed by atoms with Crippen LogP contribution in [0.25, 0.3) is 0 Å². The summed E-state index contributed by atoms with van der Waals surface area (Å²) in [5, 5.41) is 0. The van der Waals surface area contributed by atoms with Crippen LogP contribution in [-0.2, 0) is 16.4 Å². The highest BCUT2D eigenvalue weighted by molar-refractivity contribution is 7.93. The molecule has 0 aliphatic rings. The van der Waals surface area contributed by atoms with Crippen molar-refractivity contribution in [3.8, 4) is 0 Å². The van der Waals surface area contributed by atoms with Crippen LogP contribution in [0.3, 0.4) is 0 Å². The van der Waals surface area contributed by atoms with Gasteiger partial charge in [0, 0.05) is 9.75 Å². The Balaban J connectivity index is 2.39. The largest absolute Gasteiger partial charge is 0.279 e. The lowest BCUT2D eigenvalue weighted by molar-refractivity contribution is 0.601. The normalized spacial score (nSPS) is 11.5. The number of hydrogen-bond donors (Lipinski definition) is 1. The molecule has 0 amide bonds. The van der Waals surface area contributed by atoms with E-state index < -0.39 is 10.0 Å². The quantitative estimate of drug-likeness (QED) is 0.934. The Morgan fingerprint density at radius 3 is 2.47 bits per heavy atom. The molecule has 2 aromatic rings. The van der Waals surface area contributed by atoms with E-state index in [1.54, 1.807) is 12.1 Å². The second kappa shape index (κ2) is 5.35. The van der Waals surface area contributed by atoms with Crippen LogP contribution in [0.4, 0.5) is 5.69 Å². The summed E-state index contributed by atoms with van der Waals surface area (Å²) in [6.07, 6.45) is 0.792. The predicted octanol–water partition coefficient (Wildman–Crippen LogP) is 3.73. The number of rotatable bonds is 4. The first-order valence-corrected chi connectivity index (χ1v) is 8.41. The lowest BCUT2D eigenvalue weighted by Crippen LogP contribution is -2.14. The summed E-state index contributed by atoms with van der Waals surface area (Å²) < 4.78 is 27.5. The molecule has 102 valence electrons. The summed E-state index contributed by atoms with van der Waals surface area (Å²) in [7, 11) is -3.50. The molecule has 1 aromatic heterocycles. The maximum atomic E-state index is 12.4. The number of anilines is 1. The summed E-state index contributed by atoms with van der Waals surface area (Å²) in [4.78, 5) is 2.20. The first-order valence-electron chi connectivity index (χ1n) is 6.12. The first kappa shape index (κ1) is 14.1. The van der Waals surface area contributed by atoms with Gasteiger partial charge in [-0.1, -0.05) is 25.1 Å². The highest BCUT2D eigenvalue weighted by atomic mass is 32.2. The van der Waals surface area contributed by atoms with Crippen LogP contribution in [0.5, 0.6) is 0 Å². The van der Waals surface area contributed by atoms with Crippen molar-refractivity contribution in [1.82, 2.24) is 0 Å². The van der Waals surface area contributed by atoms with Gasteiger partial charge >= 0.3 is 0 Å². The van der Waals surface area contributed by atoms with Gasteiger partial charge in [0.05, 0.1) is 5.69 Å². The van der Waals surface area contributed by atoms with E-state index in [2.05, 4.69) is 4.72 Å². The fourth-order valence-electron chi connectivity index (χ4n) is 2.00. The van der Waals surface area contributed by atoms with Gasteiger partial charge in [0.25, 0.3) is 10.0 Å². The van der Waals surface area contributed by atoms with Crippen molar-refractivity contribution in [1.29, 1.82) is 0 Å². The molecule has 0 saturated carbocycles. The molecule has 19 heavy (non-hydrogen) atoms. The number of thiophene rings is 1. The van der Waals surface area contributed by atoms with E-state index in [1.165, 1.54) is 11.3 Å². The lowest BCUT2D eigenvalue weighted by Gasteiger charge is -2.11. The average molecular weight is 295 g/mol. The molecule has 5 heteroatoms. The van der Waals surface area contributed by atoms with Crippen LogP contribution < -0.4 is 4.72 Å². The van der Waals surface area contributed by atoms with E-state index in [4.69, 9.17) is 0 Å². The van der Waals surface area contributed by atoms with Crippen LogP contribution in [-0.4, -0.2) is 8.42 Å². The summed E-state index contributed by atoms with van der Waals surface area (Å²) in [5.41, 5.74) is 1.66. The Labute approximate surface area is 118 Å². The minimum atomic E-state index is -3.50. The lowest BCUT2D eigenvalue weighted by atomic mass is 10.1. The van der Waals surface area contributed by atoms with Crippen LogP contribution in [0.1, 0.15) is 22.2 Å². The van der Waals surface area contributed by atoms with E-state index in [9.17, 15) is 8.42 Å². The molecule has 0 unspecified atom stereocenters. The van der Waals surface area contributed by atoms with E-state index in [0.717, 1.165) is 21.7 Å². The van der Waals surface area contributed by atoms with Gasteiger partial charge in [0.1, 0.15) is 4.90 Å². The molecule has 0 aliphatic carbocycles. The van der Waals surface area contributed by atoms with Gasteiger partial charge in [0.15, 0.2) is 0 Å². The van der Waals surface area contributed by atoms with Crippen molar-refractivity contribution in [2.24, 2.45) is 0 Å². The van der Waals surface area contributed by atoms with Gasteiger partial charge in [-0.25, -0.2) is 8.42 Å². The van der Waals surface area contributed by atoms with Crippen LogP contribution in [0, 0.1) is 13.8 Å². The fourth-order valence-corrected chi connectivity index (χ4v) is 4.66. The maximum Gasteiger partial charge on any atom is 0.263 e. The van der Waals surface area contributed by atoms with Gasteiger partial charge in [-0.2, -0.15) is 0 Å². The monoisotopic (exact) mass is 295 g/mol. The Morgan fingerprint density at radius 1 is 1.21 bits per heavy atom. The van der Waals surface area contributed by atoms with Crippen molar-refractivity contribution < 1.29 is 8.42 Å². The molecule has 3 nitrogen and oxygen atoms in total. The molecule has 2 rings (SSSR count). The summed E-state index contributed by atoms with van der Waals surface area (Å²) >= 11 is 1.50. The Hall–Kier alpha value is -1.33. The topological polar surface area (TPSA) is 46.2 Å². The molecule has 0 radical (unpaired) electrons. The van der Waals surface area contributed by atoms with E-state index in [1.807, 2.05) is 39.0 Å². The standard InChI is InChI=1S/C14H17NO2S2/c1-4-12-7-5-6-8-13(12)15-19(16,17)14-9-10(2)18-11(14)3/h5-9,15H,4H2,1-3H3. The molecular weight excluding hydrogens is 278 g/mol. The minimum Gasteiger partial charge on any atom is -0.279 e. The van der Waals surface area contributed by atoms with Crippen molar-refractivity contribution in [2.45, 2.75) is 32.1 Å². The second-order valence-electron chi connectivity index (χ2n) is 4.39. The molecule has 0 atom stereocenters. The second-order valence-corrected chi connectivity index (χ2v) is 7.50. The van der Waals surface area contributed by atoms with E-state index in [-0.39, 0.29) is 0 Å².